The first kappa shape index (κ1) is 14.8. The van der Waals surface area contributed by atoms with Gasteiger partial charge in [0.25, 0.3) is 0 Å². The van der Waals surface area contributed by atoms with E-state index in [4.69, 9.17) is 4.74 Å². The summed E-state index contributed by atoms with van der Waals surface area (Å²) in [6.07, 6.45) is 3.62. The quantitative estimate of drug-likeness (QED) is 0.674. The Balaban J connectivity index is 1.65. The number of hydrogen-bond donors (Lipinski definition) is 1. The van der Waals surface area contributed by atoms with Crippen molar-refractivity contribution in [3.63, 3.8) is 0 Å². The number of carbonyl (C=O) groups is 1. The Morgan fingerprint density at radius 1 is 1.32 bits per heavy atom. The van der Waals surface area contributed by atoms with Crippen LogP contribution in [-0.2, 0) is 9.53 Å². The number of hydrogen-bond acceptors (Lipinski definition) is 5. The number of esters is 1. The first-order chi connectivity index (χ1) is 9.24. The van der Waals surface area contributed by atoms with Gasteiger partial charge in [0.2, 0.25) is 0 Å². The number of rotatable bonds is 7. The van der Waals surface area contributed by atoms with Gasteiger partial charge in [0.05, 0.1) is 6.61 Å². The summed E-state index contributed by atoms with van der Waals surface area (Å²) in [7, 11) is 1.83. The smallest absolute Gasteiger partial charge is 0.323 e. The highest BCUT2D eigenvalue weighted by atomic mass is 16.5. The van der Waals surface area contributed by atoms with Crippen molar-refractivity contribution < 1.29 is 9.53 Å². The fourth-order valence-electron chi connectivity index (χ4n) is 2.73. The average Bonchev–Trinajstić information content (AvgIpc) is 3.25. The highest BCUT2D eigenvalue weighted by Gasteiger charge is 2.31. The Morgan fingerprint density at radius 2 is 2.00 bits per heavy atom. The summed E-state index contributed by atoms with van der Waals surface area (Å²) in [4.78, 5) is 16.8. The molecule has 1 heterocycles. The molecule has 0 aromatic rings. The third-order valence-electron chi connectivity index (χ3n) is 4.12. The van der Waals surface area contributed by atoms with Crippen LogP contribution in [0.15, 0.2) is 0 Å². The van der Waals surface area contributed by atoms with Crippen LogP contribution in [0.4, 0.5) is 0 Å². The number of ether oxygens (including phenoxy) is 1. The van der Waals surface area contributed by atoms with Gasteiger partial charge in [0, 0.05) is 38.8 Å². The molecule has 2 aliphatic rings. The van der Waals surface area contributed by atoms with Gasteiger partial charge in [0.1, 0.15) is 6.04 Å². The largest absolute Gasteiger partial charge is 0.465 e. The van der Waals surface area contributed by atoms with Gasteiger partial charge in [-0.1, -0.05) is 0 Å². The first-order valence-electron chi connectivity index (χ1n) is 7.55. The molecule has 1 unspecified atom stereocenters. The van der Waals surface area contributed by atoms with Crippen LogP contribution in [0, 0.1) is 0 Å². The summed E-state index contributed by atoms with van der Waals surface area (Å²) in [5.74, 6) is -0.124. The van der Waals surface area contributed by atoms with Crippen LogP contribution in [0.1, 0.15) is 26.2 Å². The Kier molecular flexibility index (Phi) is 5.60. The van der Waals surface area contributed by atoms with E-state index in [1.165, 1.54) is 25.9 Å². The summed E-state index contributed by atoms with van der Waals surface area (Å²) >= 11 is 0. The maximum Gasteiger partial charge on any atom is 0.323 e. The Hall–Kier alpha value is -0.650. The van der Waals surface area contributed by atoms with Gasteiger partial charge < -0.3 is 15.0 Å². The molecule has 5 nitrogen and oxygen atoms in total. The van der Waals surface area contributed by atoms with Gasteiger partial charge in [-0.25, -0.2) is 0 Å². The van der Waals surface area contributed by atoms with E-state index in [0.29, 0.717) is 6.61 Å². The molecule has 1 aliphatic carbocycles. The van der Waals surface area contributed by atoms with E-state index in [0.717, 1.165) is 32.1 Å². The van der Waals surface area contributed by atoms with Gasteiger partial charge in [0.15, 0.2) is 0 Å². The van der Waals surface area contributed by atoms with Crippen molar-refractivity contribution in [1.82, 2.24) is 15.1 Å². The molecule has 1 atom stereocenters. The molecule has 19 heavy (non-hydrogen) atoms. The molecule has 1 saturated carbocycles. The topological polar surface area (TPSA) is 44.8 Å². The Labute approximate surface area is 116 Å². The van der Waals surface area contributed by atoms with Crippen molar-refractivity contribution >= 4 is 5.97 Å². The van der Waals surface area contributed by atoms with Crippen molar-refractivity contribution in [2.45, 2.75) is 38.3 Å². The maximum absolute atomic E-state index is 11.7. The maximum atomic E-state index is 11.7. The third-order valence-corrected chi connectivity index (χ3v) is 4.12. The van der Waals surface area contributed by atoms with Crippen LogP contribution in [0.3, 0.4) is 0 Å². The predicted octanol–water partition coefficient (Wildman–Crippen LogP) is 0.308. The average molecular weight is 269 g/mol. The number of likely N-dealkylation sites (N-methyl/N-ethyl adjacent to an activating group) is 1. The fourth-order valence-corrected chi connectivity index (χ4v) is 2.73. The second kappa shape index (κ2) is 7.22. The van der Waals surface area contributed by atoms with Crippen LogP contribution in [0.25, 0.3) is 0 Å². The Morgan fingerprint density at radius 3 is 2.53 bits per heavy atom. The molecule has 0 radical (unpaired) electrons. The number of piperazine rings is 1. The third kappa shape index (κ3) is 4.44. The van der Waals surface area contributed by atoms with Gasteiger partial charge in [-0.05, 0) is 33.2 Å². The van der Waals surface area contributed by atoms with E-state index in [2.05, 4.69) is 15.1 Å². The van der Waals surface area contributed by atoms with Gasteiger partial charge in [-0.15, -0.1) is 0 Å². The second-order valence-corrected chi connectivity index (χ2v) is 5.49. The lowest BCUT2D eigenvalue weighted by atomic mass is 10.2. The van der Waals surface area contributed by atoms with E-state index in [1.807, 2.05) is 14.0 Å². The fraction of sp³-hybridized carbons (Fsp3) is 0.929. The lowest BCUT2D eigenvalue weighted by Crippen LogP contribution is -2.48. The lowest BCUT2D eigenvalue weighted by molar-refractivity contribution is -0.145. The summed E-state index contributed by atoms with van der Waals surface area (Å²) < 4.78 is 5.06. The summed E-state index contributed by atoms with van der Waals surface area (Å²) in [6, 6.07) is 0.716. The first-order valence-corrected chi connectivity index (χ1v) is 7.55. The molecule has 1 saturated heterocycles. The minimum Gasteiger partial charge on any atom is -0.465 e. The monoisotopic (exact) mass is 269 g/mol. The molecule has 2 rings (SSSR count). The van der Waals surface area contributed by atoms with E-state index < -0.39 is 0 Å². The van der Waals surface area contributed by atoms with Gasteiger partial charge in [-0.3, -0.25) is 9.69 Å². The number of nitrogens with zero attached hydrogens (tertiary/aromatic N) is 2. The van der Waals surface area contributed by atoms with Crippen LogP contribution >= 0.6 is 0 Å². The molecule has 5 heteroatoms. The zero-order valence-corrected chi connectivity index (χ0v) is 12.2. The number of carbonyl (C=O) groups excluding carboxylic acids is 1. The molecular formula is C14H27N3O2. The Bertz CT molecular complexity index is 286. The highest BCUT2D eigenvalue weighted by molar-refractivity contribution is 5.75. The van der Waals surface area contributed by atoms with Crippen molar-refractivity contribution in [2.75, 3.05) is 46.4 Å². The summed E-state index contributed by atoms with van der Waals surface area (Å²) in [6.45, 7) is 7.93. The SMILES string of the molecule is CCOC(=O)C(CCN1CCN(C2CC2)CC1)NC. The lowest BCUT2D eigenvalue weighted by Gasteiger charge is -2.35. The van der Waals surface area contributed by atoms with Crippen LogP contribution in [0.2, 0.25) is 0 Å². The minimum atomic E-state index is -0.165. The molecule has 0 aromatic heterocycles. The molecule has 110 valence electrons. The summed E-state index contributed by atoms with van der Waals surface area (Å²) in [5, 5.41) is 3.05. The van der Waals surface area contributed by atoms with Gasteiger partial charge in [-0.2, -0.15) is 0 Å². The van der Waals surface area contributed by atoms with E-state index in [1.54, 1.807) is 0 Å². The van der Waals surface area contributed by atoms with E-state index >= 15 is 0 Å². The zero-order chi connectivity index (χ0) is 13.7. The molecule has 0 amide bonds. The predicted molar refractivity (Wildman–Crippen MR) is 75.1 cm³/mol. The van der Waals surface area contributed by atoms with Crippen LogP contribution in [0.5, 0.6) is 0 Å². The van der Waals surface area contributed by atoms with Crippen molar-refractivity contribution in [1.29, 1.82) is 0 Å². The summed E-state index contributed by atoms with van der Waals surface area (Å²) in [5.41, 5.74) is 0. The van der Waals surface area contributed by atoms with Gasteiger partial charge >= 0.3 is 5.97 Å². The van der Waals surface area contributed by atoms with E-state index in [-0.39, 0.29) is 12.0 Å². The van der Waals surface area contributed by atoms with Crippen molar-refractivity contribution in [2.24, 2.45) is 0 Å². The van der Waals surface area contributed by atoms with Crippen molar-refractivity contribution in [3.05, 3.63) is 0 Å². The second-order valence-electron chi connectivity index (χ2n) is 5.49. The standard InChI is InChI=1S/C14H27N3O2/c1-3-19-14(18)13(15-2)6-7-16-8-10-17(11-9-16)12-4-5-12/h12-13,15H,3-11H2,1-2H3. The molecule has 2 fully saturated rings. The minimum absolute atomic E-state index is 0.124. The van der Waals surface area contributed by atoms with Crippen LogP contribution < -0.4 is 5.32 Å². The van der Waals surface area contributed by atoms with Crippen LogP contribution in [-0.4, -0.2) is 74.2 Å². The molecule has 0 spiro atoms. The molecule has 0 aromatic carbocycles. The molecule has 1 aliphatic heterocycles. The van der Waals surface area contributed by atoms with E-state index in [9.17, 15) is 4.79 Å². The highest BCUT2D eigenvalue weighted by Crippen LogP contribution is 2.27. The zero-order valence-electron chi connectivity index (χ0n) is 12.2. The molecular weight excluding hydrogens is 242 g/mol. The normalized spacial score (nSPS) is 23.3. The molecule has 1 N–H and O–H groups in total. The molecule has 0 bridgehead atoms. The van der Waals surface area contributed by atoms with Crippen molar-refractivity contribution in [3.8, 4) is 0 Å². The number of nitrogens with one attached hydrogen (secondary N) is 1.